The van der Waals surface area contributed by atoms with Gasteiger partial charge in [-0.1, -0.05) is 12.5 Å². The van der Waals surface area contributed by atoms with Gasteiger partial charge in [-0.3, -0.25) is 14.8 Å². The summed E-state index contributed by atoms with van der Waals surface area (Å²) >= 11 is 0. The van der Waals surface area contributed by atoms with Gasteiger partial charge in [-0.15, -0.1) is 0 Å². The van der Waals surface area contributed by atoms with Crippen molar-refractivity contribution < 1.29 is 32.6 Å². The highest BCUT2D eigenvalue weighted by Gasteiger charge is 2.50. The second kappa shape index (κ2) is 10.1. The number of amides is 1. The van der Waals surface area contributed by atoms with E-state index in [9.17, 15) is 18.0 Å². The van der Waals surface area contributed by atoms with Crippen molar-refractivity contribution in [2.75, 3.05) is 19.7 Å². The summed E-state index contributed by atoms with van der Waals surface area (Å²) in [5.74, 6) is -2.17. The van der Waals surface area contributed by atoms with Gasteiger partial charge in [0.05, 0.1) is 13.2 Å². The number of halogens is 3. The van der Waals surface area contributed by atoms with E-state index in [0.717, 1.165) is 25.1 Å². The molecule has 2 aromatic heterocycles. The molecule has 4 rings (SSSR count). The summed E-state index contributed by atoms with van der Waals surface area (Å²) in [5.41, 5.74) is 1.79. The van der Waals surface area contributed by atoms with E-state index in [0.29, 0.717) is 24.8 Å². The molecule has 0 unspecified atom stereocenters. The minimum Gasteiger partial charge on any atom is -0.475 e. The van der Waals surface area contributed by atoms with Crippen LogP contribution >= 0.6 is 0 Å². The number of aliphatic carboxylic acids is 1. The number of likely N-dealkylation sites (tertiary alicyclic amines) is 1. The molecule has 1 aliphatic heterocycles. The van der Waals surface area contributed by atoms with E-state index < -0.39 is 12.1 Å². The third-order valence-corrected chi connectivity index (χ3v) is 5.86. The fourth-order valence-electron chi connectivity index (χ4n) is 4.31. The maximum Gasteiger partial charge on any atom is 0.490 e. The van der Waals surface area contributed by atoms with Crippen molar-refractivity contribution in [1.82, 2.24) is 14.9 Å². The quantitative estimate of drug-likeness (QED) is 0.747. The summed E-state index contributed by atoms with van der Waals surface area (Å²) in [4.78, 5) is 31.8. The molecule has 1 saturated heterocycles. The first kappa shape index (κ1) is 23.6. The van der Waals surface area contributed by atoms with Gasteiger partial charge in [-0.2, -0.15) is 13.2 Å². The predicted octanol–water partition coefficient (Wildman–Crippen LogP) is 3.57. The Bertz CT molecular complexity index is 912. The highest BCUT2D eigenvalue weighted by Crippen LogP contribution is 2.49. The summed E-state index contributed by atoms with van der Waals surface area (Å²) in [6.07, 6.45) is 3.73. The Kier molecular flexibility index (Phi) is 7.44. The van der Waals surface area contributed by atoms with Crippen molar-refractivity contribution in [1.29, 1.82) is 0 Å². The average Bonchev–Trinajstić information content (AvgIpc) is 3.32. The number of nitrogens with zero attached hydrogens (tertiary/aromatic N) is 3. The van der Waals surface area contributed by atoms with Crippen molar-refractivity contribution in [3.05, 3.63) is 60.2 Å². The van der Waals surface area contributed by atoms with Gasteiger partial charge in [0.1, 0.15) is 5.69 Å². The van der Waals surface area contributed by atoms with Gasteiger partial charge >= 0.3 is 12.1 Å². The van der Waals surface area contributed by atoms with E-state index >= 15 is 0 Å². The van der Waals surface area contributed by atoms with Crippen LogP contribution in [0.15, 0.2) is 48.9 Å². The van der Waals surface area contributed by atoms with Crippen LogP contribution in [-0.2, 0) is 16.1 Å². The summed E-state index contributed by atoms with van der Waals surface area (Å²) in [7, 11) is 0. The monoisotopic (exact) mass is 451 g/mol. The fraction of sp³-hybridized carbons (Fsp3) is 0.455. The molecule has 3 heterocycles. The number of rotatable bonds is 5. The maximum absolute atomic E-state index is 12.7. The Morgan fingerprint density at radius 3 is 2.53 bits per heavy atom. The zero-order valence-corrected chi connectivity index (χ0v) is 17.3. The lowest BCUT2D eigenvalue weighted by Gasteiger charge is -2.28. The van der Waals surface area contributed by atoms with Crippen LogP contribution in [0.1, 0.15) is 35.3 Å². The summed E-state index contributed by atoms with van der Waals surface area (Å²) in [6, 6.07) is 9.46. The molecule has 172 valence electrons. The standard InChI is InChI=1S/C20H23N3O2.C2HF3O2/c24-19(18-5-1-2-9-22-18)23-12-17-4-3-8-20(17,14-23)15-25-13-16-6-10-21-11-7-16;3-2(4,5)1(6)7/h1-2,5-7,9-11,17H,3-4,8,12-15H2;(H,6,7)/t17-,20+;/m1./s1. The molecule has 2 aliphatic rings. The second-order valence-corrected chi connectivity index (χ2v) is 8.00. The normalized spacial score (nSPS) is 22.1. The lowest BCUT2D eigenvalue weighted by atomic mass is 9.81. The summed E-state index contributed by atoms with van der Waals surface area (Å²) < 4.78 is 37.8. The van der Waals surface area contributed by atoms with Gasteiger partial charge in [0, 0.05) is 37.1 Å². The lowest BCUT2D eigenvalue weighted by Crippen LogP contribution is -2.35. The van der Waals surface area contributed by atoms with Gasteiger partial charge in [-0.25, -0.2) is 4.79 Å². The summed E-state index contributed by atoms with van der Waals surface area (Å²) in [6.45, 7) is 2.93. The Morgan fingerprint density at radius 1 is 1.19 bits per heavy atom. The molecule has 0 radical (unpaired) electrons. The van der Waals surface area contributed by atoms with Gasteiger partial charge in [0.15, 0.2) is 0 Å². The van der Waals surface area contributed by atoms with E-state index in [1.807, 2.05) is 29.2 Å². The van der Waals surface area contributed by atoms with Crippen LogP contribution in [0, 0.1) is 11.3 Å². The van der Waals surface area contributed by atoms with Crippen LogP contribution in [-0.4, -0.2) is 57.7 Å². The highest BCUT2D eigenvalue weighted by molar-refractivity contribution is 5.92. The van der Waals surface area contributed by atoms with Crippen LogP contribution in [0.3, 0.4) is 0 Å². The van der Waals surface area contributed by atoms with Gasteiger partial charge < -0.3 is 14.7 Å². The van der Waals surface area contributed by atoms with Crippen LogP contribution in [0.5, 0.6) is 0 Å². The van der Waals surface area contributed by atoms with Crippen LogP contribution in [0.2, 0.25) is 0 Å². The number of carboxylic acid groups (broad SMARTS) is 1. The largest absolute Gasteiger partial charge is 0.490 e. The second-order valence-electron chi connectivity index (χ2n) is 8.00. The highest BCUT2D eigenvalue weighted by atomic mass is 19.4. The molecule has 1 aliphatic carbocycles. The number of aromatic nitrogens is 2. The van der Waals surface area contributed by atoms with Crippen molar-refractivity contribution in [3.8, 4) is 0 Å². The van der Waals surface area contributed by atoms with Crippen LogP contribution in [0.25, 0.3) is 0 Å². The van der Waals surface area contributed by atoms with E-state index in [1.165, 1.54) is 12.8 Å². The van der Waals surface area contributed by atoms with Crippen LogP contribution < -0.4 is 0 Å². The fourth-order valence-corrected chi connectivity index (χ4v) is 4.31. The molecular formula is C22H24F3N3O4. The first-order chi connectivity index (χ1) is 15.2. The number of hydrogen-bond acceptors (Lipinski definition) is 5. The van der Waals surface area contributed by atoms with E-state index in [1.54, 1.807) is 24.7 Å². The van der Waals surface area contributed by atoms with Crippen molar-refractivity contribution in [2.45, 2.75) is 32.0 Å². The number of carbonyl (C=O) groups is 2. The summed E-state index contributed by atoms with van der Waals surface area (Å²) in [5, 5.41) is 7.12. The number of pyridine rings is 2. The molecule has 0 spiro atoms. The molecule has 32 heavy (non-hydrogen) atoms. The number of carboxylic acids is 1. The zero-order chi connectivity index (χ0) is 23.2. The Balaban J connectivity index is 0.000000360. The lowest BCUT2D eigenvalue weighted by molar-refractivity contribution is -0.192. The van der Waals surface area contributed by atoms with Crippen LogP contribution in [0.4, 0.5) is 13.2 Å². The molecule has 1 saturated carbocycles. The number of ether oxygens (including phenoxy) is 1. The van der Waals surface area contributed by atoms with Crippen molar-refractivity contribution in [3.63, 3.8) is 0 Å². The zero-order valence-electron chi connectivity index (χ0n) is 17.3. The molecule has 2 aromatic rings. The SMILES string of the molecule is O=C(O)C(F)(F)F.O=C(c1ccccn1)N1C[C@H]2CCC[C@@]2(COCc2ccncc2)C1. The van der Waals surface area contributed by atoms with Crippen molar-refractivity contribution >= 4 is 11.9 Å². The number of fused-ring (bicyclic) bond motifs is 1. The molecule has 7 nitrogen and oxygen atoms in total. The third-order valence-electron chi connectivity index (χ3n) is 5.86. The predicted molar refractivity (Wildman–Crippen MR) is 107 cm³/mol. The van der Waals surface area contributed by atoms with Gasteiger partial charge in [-0.05, 0) is 48.6 Å². The number of hydrogen-bond donors (Lipinski definition) is 1. The van der Waals surface area contributed by atoms with E-state index in [4.69, 9.17) is 14.6 Å². The van der Waals surface area contributed by atoms with E-state index in [-0.39, 0.29) is 11.3 Å². The molecule has 0 bridgehead atoms. The first-order valence-electron chi connectivity index (χ1n) is 10.2. The van der Waals surface area contributed by atoms with Crippen molar-refractivity contribution in [2.24, 2.45) is 11.3 Å². The minimum atomic E-state index is -5.08. The Hall–Kier alpha value is -3.01. The topological polar surface area (TPSA) is 92.6 Å². The maximum atomic E-state index is 12.7. The smallest absolute Gasteiger partial charge is 0.475 e. The molecule has 10 heteroatoms. The first-order valence-corrected chi connectivity index (χ1v) is 10.2. The minimum absolute atomic E-state index is 0.0449. The average molecular weight is 451 g/mol. The van der Waals surface area contributed by atoms with Gasteiger partial charge in [0.2, 0.25) is 0 Å². The number of carbonyl (C=O) groups excluding carboxylic acids is 1. The Labute approximate surface area is 183 Å². The molecule has 1 N–H and O–H groups in total. The molecule has 2 fully saturated rings. The van der Waals surface area contributed by atoms with Gasteiger partial charge in [0.25, 0.3) is 5.91 Å². The van der Waals surface area contributed by atoms with E-state index in [2.05, 4.69) is 9.97 Å². The third kappa shape index (κ3) is 5.82. The molecular weight excluding hydrogens is 427 g/mol. The molecule has 1 amide bonds. The Morgan fingerprint density at radius 2 is 1.91 bits per heavy atom. The molecule has 0 aromatic carbocycles. The molecule has 2 atom stereocenters. The number of alkyl halides is 3.